The van der Waals surface area contributed by atoms with Crippen LogP contribution < -0.4 is 15.8 Å². The van der Waals surface area contributed by atoms with Crippen molar-refractivity contribution >= 4 is 35.6 Å². The normalized spacial score (nSPS) is 16.2. The largest absolute Gasteiger partial charge is 0.573 e. The van der Waals surface area contributed by atoms with E-state index in [-0.39, 0.29) is 41.4 Å². The molecule has 3 N–H and O–H groups in total. The van der Waals surface area contributed by atoms with Crippen molar-refractivity contribution in [1.82, 2.24) is 0 Å². The summed E-state index contributed by atoms with van der Waals surface area (Å²) in [5.74, 6) is 0.288. The Morgan fingerprint density at radius 1 is 1.27 bits per heavy atom. The molecule has 1 aromatic carbocycles. The Hall–Kier alpha value is -1.19. The van der Waals surface area contributed by atoms with Crippen molar-refractivity contribution in [2.24, 2.45) is 16.6 Å². The van der Waals surface area contributed by atoms with Gasteiger partial charge in [-0.3, -0.25) is 4.99 Å². The van der Waals surface area contributed by atoms with E-state index in [9.17, 15) is 13.2 Å². The second-order valence-electron chi connectivity index (χ2n) is 5.05. The van der Waals surface area contributed by atoms with Crippen molar-refractivity contribution in [3.63, 3.8) is 0 Å². The van der Waals surface area contributed by atoms with E-state index in [1.54, 1.807) is 6.07 Å². The fourth-order valence-corrected chi connectivity index (χ4v) is 2.38. The summed E-state index contributed by atoms with van der Waals surface area (Å²) < 4.78 is 40.8. The summed E-state index contributed by atoms with van der Waals surface area (Å²) in [6.45, 7) is 0.598. The molecular formula is C14H19F3IN3O. The van der Waals surface area contributed by atoms with Crippen LogP contribution in [-0.4, -0.2) is 18.9 Å². The number of hydrogen-bond donors (Lipinski definition) is 2. The molecule has 1 aliphatic carbocycles. The first kappa shape index (κ1) is 18.9. The number of nitrogens with two attached hydrogens (primary N) is 1. The van der Waals surface area contributed by atoms with Gasteiger partial charge in [-0.2, -0.15) is 0 Å². The van der Waals surface area contributed by atoms with Crippen molar-refractivity contribution in [1.29, 1.82) is 0 Å². The lowest BCUT2D eigenvalue weighted by Gasteiger charge is -2.14. The minimum Gasteiger partial charge on any atom is -0.404 e. The summed E-state index contributed by atoms with van der Waals surface area (Å²) in [4.78, 5) is 4.19. The molecule has 2 rings (SSSR count). The molecule has 22 heavy (non-hydrogen) atoms. The number of guanidine groups is 1. The lowest BCUT2D eigenvalue weighted by molar-refractivity contribution is -0.274. The molecular weight excluding hydrogens is 410 g/mol. The highest BCUT2D eigenvalue weighted by molar-refractivity contribution is 14.0. The van der Waals surface area contributed by atoms with Gasteiger partial charge in [0, 0.05) is 6.54 Å². The number of anilines is 1. The molecule has 0 heterocycles. The van der Waals surface area contributed by atoms with E-state index in [1.807, 2.05) is 0 Å². The average molecular weight is 429 g/mol. The van der Waals surface area contributed by atoms with Gasteiger partial charge in [-0.15, -0.1) is 37.1 Å². The predicted molar refractivity (Wildman–Crippen MR) is 90.6 cm³/mol. The monoisotopic (exact) mass is 429 g/mol. The molecule has 0 radical (unpaired) electrons. The van der Waals surface area contributed by atoms with Gasteiger partial charge in [0.25, 0.3) is 0 Å². The van der Waals surface area contributed by atoms with Gasteiger partial charge in [0.05, 0.1) is 5.69 Å². The Morgan fingerprint density at radius 2 is 1.91 bits per heavy atom. The molecule has 0 spiro atoms. The highest BCUT2D eigenvalue weighted by Gasteiger charge is 2.32. The van der Waals surface area contributed by atoms with Gasteiger partial charge in [0.1, 0.15) is 0 Å². The second-order valence-corrected chi connectivity index (χ2v) is 5.05. The van der Waals surface area contributed by atoms with Gasteiger partial charge in [-0.1, -0.05) is 25.0 Å². The van der Waals surface area contributed by atoms with Crippen LogP contribution in [0.25, 0.3) is 0 Å². The highest BCUT2D eigenvalue weighted by Crippen LogP contribution is 2.30. The average Bonchev–Trinajstić information content (AvgIpc) is 2.90. The molecule has 0 aromatic heterocycles. The minimum absolute atomic E-state index is 0. The molecule has 8 heteroatoms. The standard InChI is InChI=1S/C14H18F3N3O.HI/c15-14(16,17)21-12-8-4-3-7-11(12)20-13(18)19-9-10-5-1-2-6-10;/h3-4,7-8,10H,1-2,5-6,9H2,(H3,18,19,20);1H. The SMILES string of the molecule is I.NC(=NCC1CCCC1)Nc1ccccc1OC(F)(F)F. The van der Waals surface area contributed by atoms with Crippen LogP contribution in [0.2, 0.25) is 0 Å². The topological polar surface area (TPSA) is 59.6 Å². The Morgan fingerprint density at radius 3 is 2.55 bits per heavy atom. The second kappa shape index (κ2) is 8.44. The molecule has 0 bridgehead atoms. The first-order valence-electron chi connectivity index (χ1n) is 6.86. The number of para-hydroxylation sites is 2. The molecule has 124 valence electrons. The number of ether oxygens (including phenoxy) is 1. The van der Waals surface area contributed by atoms with Crippen molar-refractivity contribution in [3.8, 4) is 5.75 Å². The van der Waals surface area contributed by atoms with E-state index < -0.39 is 6.36 Å². The number of halogens is 4. The van der Waals surface area contributed by atoms with Crippen molar-refractivity contribution in [2.45, 2.75) is 32.0 Å². The zero-order chi connectivity index (χ0) is 15.3. The summed E-state index contributed by atoms with van der Waals surface area (Å²) in [6, 6.07) is 5.73. The third-order valence-corrected chi connectivity index (χ3v) is 3.37. The van der Waals surface area contributed by atoms with Gasteiger partial charge in [0.2, 0.25) is 0 Å². The van der Waals surface area contributed by atoms with Crippen LogP contribution in [0.15, 0.2) is 29.3 Å². The quantitative estimate of drug-likeness (QED) is 0.430. The smallest absolute Gasteiger partial charge is 0.404 e. The number of aliphatic imine (C=N–C) groups is 1. The lowest BCUT2D eigenvalue weighted by Crippen LogP contribution is -2.25. The summed E-state index contributed by atoms with van der Waals surface area (Å²) in [7, 11) is 0. The van der Waals surface area contributed by atoms with Crippen LogP contribution in [0.4, 0.5) is 18.9 Å². The number of nitrogens with one attached hydrogen (secondary N) is 1. The number of alkyl halides is 3. The van der Waals surface area contributed by atoms with E-state index in [0.717, 1.165) is 12.8 Å². The number of hydrogen-bond acceptors (Lipinski definition) is 2. The van der Waals surface area contributed by atoms with Gasteiger partial charge >= 0.3 is 6.36 Å². The first-order chi connectivity index (χ1) is 9.94. The fourth-order valence-electron chi connectivity index (χ4n) is 2.38. The molecule has 1 aliphatic rings. The Kier molecular flexibility index (Phi) is 7.24. The molecule has 0 amide bonds. The zero-order valence-electron chi connectivity index (χ0n) is 11.9. The zero-order valence-corrected chi connectivity index (χ0v) is 14.2. The molecule has 0 saturated heterocycles. The number of rotatable bonds is 4. The van der Waals surface area contributed by atoms with Crippen molar-refractivity contribution in [3.05, 3.63) is 24.3 Å². The minimum atomic E-state index is -4.74. The van der Waals surface area contributed by atoms with E-state index >= 15 is 0 Å². The van der Waals surface area contributed by atoms with Crippen LogP contribution >= 0.6 is 24.0 Å². The third-order valence-electron chi connectivity index (χ3n) is 3.37. The maximum atomic E-state index is 12.3. The molecule has 1 fully saturated rings. The highest BCUT2D eigenvalue weighted by atomic mass is 127. The van der Waals surface area contributed by atoms with Gasteiger partial charge in [-0.25, -0.2) is 0 Å². The fraction of sp³-hybridized carbons (Fsp3) is 0.500. The maximum Gasteiger partial charge on any atom is 0.573 e. The van der Waals surface area contributed by atoms with E-state index in [0.29, 0.717) is 12.5 Å². The third kappa shape index (κ3) is 6.29. The van der Waals surface area contributed by atoms with E-state index in [1.165, 1.54) is 31.0 Å². The summed E-state index contributed by atoms with van der Waals surface area (Å²) in [5.41, 5.74) is 5.86. The van der Waals surface area contributed by atoms with Crippen LogP contribution in [-0.2, 0) is 0 Å². The number of benzene rings is 1. The molecule has 4 nitrogen and oxygen atoms in total. The van der Waals surface area contributed by atoms with Crippen LogP contribution in [0.1, 0.15) is 25.7 Å². The van der Waals surface area contributed by atoms with Crippen LogP contribution in [0.3, 0.4) is 0 Å². The van der Waals surface area contributed by atoms with Gasteiger partial charge < -0.3 is 15.8 Å². The summed E-state index contributed by atoms with van der Waals surface area (Å²) >= 11 is 0. The lowest BCUT2D eigenvalue weighted by atomic mass is 10.1. The van der Waals surface area contributed by atoms with E-state index in [4.69, 9.17) is 5.73 Å². The number of nitrogens with zero attached hydrogens (tertiary/aromatic N) is 1. The Balaban J connectivity index is 0.00000242. The van der Waals surface area contributed by atoms with E-state index in [2.05, 4.69) is 15.0 Å². The predicted octanol–water partition coefficient (Wildman–Crippen LogP) is 4.12. The van der Waals surface area contributed by atoms with Crippen LogP contribution in [0.5, 0.6) is 5.75 Å². The van der Waals surface area contributed by atoms with Gasteiger partial charge in [-0.05, 0) is 30.9 Å². The molecule has 1 aromatic rings. The Labute approximate surface area is 144 Å². The molecule has 0 atom stereocenters. The maximum absolute atomic E-state index is 12.3. The summed E-state index contributed by atoms with van der Waals surface area (Å²) in [6.07, 6.45) is -0.0752. The van der Waals surface area contributed by atoms with Crippen molar-refractivity contribution in [2.75, 3.05) is 11.9 Å². The molecule has 1 saturated carbocycles. The molecule has 0 unspecified atom stereocenters. The van der Waals surface area contributed by atoms with Crippen molar-refractivity contribution < 1.29 is 17.9 Å². The van der Waals surface area contributed by atoms with Gasteiger partial charge in [0.15, 0.2) is 11.7 Å². The first-order valence-corrected chi connectivity index (χ1v) is 6.86. The Bertz CT molecular complexity index is 502. The van der Waals surface area contributed by atoms with Crippen LogP contribution in [0, 0.1) is 5.92 Å². The molecule has 0 aliphatic heterocycles. The summed E-state index contributed by atoms with van der Waals surface area (Å²) in [5, 5.41) is 2.66.